The summed E-state index contributed by atoms with van der Waals surface area (Å²) in [5.74, 6) is -0.276. The van der Waals surface area contributed by atoms with E-state index in [4.69, 9.17) is 0 Å². The Labute approximate surface area is 139 Å². The fraction of sp³-hybridized carbons (Fsp3) is 0.333. The van der Waals surface area contributed by atoms with Crippen molar-refractivity contribution in [2.24, 2.45) is 0 Å². The Morgan fingerprint density at radius 3 is 2.67 bits per heavy atom. The summed E-state index contributed by atoms with van der Waals surface area (Å²) in [6, 6.07) is 9.69. The molecule has 1 saturated heterocycles. The van der Waals surface area contributed by atoms with Crippen LogP contribution in [0.25, 0.3) is 0 Å². The lowest BCUT2D eigenvalue weighted by Crippen LogP contribution is -2.35. The first kappa shape index (κ1) is 16.4. The normalized spacial score (nSPS) is 16.0. The number of rotatable bonds is 3. The summed E-state index contributed by atoms with van der Waals surface area (Å²) in [5, 5.41) is 0. The number of halogens is 1. The zero-order valence-corrected chi connectivity index (χ0v) is 13.4. The second-order valence-electron chi connectivity index (χ2n) is 5.95. The van der Waals surface area contributed by atoms with Gasteiger partial charge in [0.05, 0.1) is 5.56 Å². The Kier molecular flexibility index (Phi) is 5.05. The predicted octanol–water partition coefficient (Wildman–Crippen LogP) is 1.86. The number of nitrogens with zero attached hydrogens (tertiary/aromatic N) is 2. The number of nitrogens with one attached hydrogen (secondary N) is 1. The van der Waals surface area contributed by atoms with E-state index >= 15 is 0 Å². The van der Waals surface area contributed by atoms with Crippen LogP contribution < -0.4 is 5.56 Å². The van der Waals surface area contributed by atoms with Gasteiger partial charge in [0.15, 0.2) is 0 Å². The van der Waals surface area contributed by atoms with Crippen molar-refractivity contribution in [1.29, 1.82) is 0 Å². The van der Waals surface area contributed by atoms with Crippen molar-refractivity contribution >= 4 is 5.91 Å². The van der Waals surface area contributed by atoms with E-state index in [0.717, 1.165) is 13.0 Å². The van der Waals surface area contributed by atoms with Crippen molar-refractivity contribution in [3.05, 3.63) is 69.9 Å². The number of aromatic amines is 1. The van der Waals surface area contributed by atoms with Gasteiger partial charge in [-0.05, 0) is 18.6 Å². The standard InChI is InChI=1S/C18H20FN3O2/c19-16-5-2-1-4-15(16)13-21-8-3-9-22(11-10-21)18(24)14-6-7-17(23)20-12-14/h1-2,4-7,12H,3,8-11,13H2,(H,20,23). The van der Waals surface area contributed by atoms with Crippen LogP contribution in [-0.2, 0) is 6.54 Å². The Morgan fingerprint density at radius 2 is 1.92 bits per heavy atom. The Balaban J connectivity index is 1.62. The number of carbonyl (C=O) groups is 1. The molecule has 0 atom stereocenters. The molecule has 0 radical (unpaired) electrons. The zero-order chi connectivity index (χ0) is 16.9. The molecule has 1 fully saturated rings. The fourth-order valence-electron chi connectivity index (χ4n) is 2.93. The van der Waals surface area contributed by atoms with Crippen molar-refractivity contribution in [2.45, 2.75) is 13.0 Å². The molecule has 1 N–H and O–H groups in total. The summed E-state index contributed by atoms with van der Waals surface area (Å²) >= 11 is 0. The molecule has 0 bridgehead atoms. The first-order valence-corrected chi connectivity index (χ1v) is 8.07. The fourth-order valence-corrected chi connectivity index (χ4v) is 2.93. The van der Waals surface area contributed by atoms with Crippen LogP contribution in [0.2, 0.25) is 0 Å². The number of hydrogen-bond donors (Lipinski definition) is 1. The van der Waals surface area contributed by atoms with Crippen LogP contribution in [0.15, 0.2) is 47.4 Å². The summed E-state index contributed by atoms with van der Waals surface area (Å²) in [7, 11) is 0. The van der Waals surface area contributed by atoms with Crippen molar-refractivity contribution < 1.29 is 9.18 Å². The first-order chi connectivity index (χ1) is 11.6. The highest BCUT2D eigenvalue weighted by atomic mass is 19.1. The molecular weight excluding hydrogens is 309 g/mol. The van der Waals surface area contributed by atoms with E-state index in [9.17, 15) is 14.0 Å². The molecule has 1 aliphatic rings. The van der Waals surface area contributed by atoms with Gasteiger partial charge in [0, 0.05) is 50.6 Å². The molecule has 2 heterocycles. The average molecular weight is 329 g/mol. The number of aromatic nitrogens is 1. The summed E-state index contributed by atoms with van der Waals surface area (Å²) < 4.78 is 13.8. The minimum Gasteiger partial charge on any atom is -0.337 e. The van der Waals surface area contributed by atoms with Crippen molar-refractivity contribution in [1.82, 2.24) is 14.8 Å². The molecule has 1 amide bonds. The molecule has 0 saturated carbocycles. The largest absolute Gasteiger partial charge is 0.337 e. The van der Waals surface area contributed by atoms with Crippen LogP contribution >= 0.6 is 0 Å². The molecule has 5 nitrogen and oxygen atoms in total. The highest BCUT2D eigenvalue weighted by Crippen LogP contribution is 2.13. The molecule has 6 heteroatoms. The monoisotopic (exact) mass is 329 g/mol. The number of pyridine rings is 1. The molecule has 2 aromatic rings. The first-order valence-electron chi connectivity index (χ1n) is 8.07. The van der Waals surface area contributed by atoms with Gasteiger partial charge in [-0.3, -0.25) is 14.5 Å². The topological polar surface area (TPSA) is 56.4 Å². The highest BCUT2D eigenvalue weighted by Gasteiger charge is 2.20. The van der Waals surface area contributed by atoms with Gasteiger partial charge >= 0.3 is 0 Å². The third-order valence-electron chi connectivity index (χ3n) is 4.26. The lowest BCUT2D eigenvalue weighted by atomic mass is 10.2. The van der Waals surface area contributed by atoms with Crippen LogP contribution in [-0.4, -0.2) is 46.9 Å². The van der Waals surface area contributed by atoms with E-state index in [1.165, 1.54) is 18.3 Å². The van der Waals surface area contributed by atoms with Gasteiger partial charge in [0.2, 0.25) is 5.56 Å². The molecule has 0 spiro atoms. The summed E-state index contributed by atoms with van der Waals surface area (Å²) in [4.78, 5) is 30.1. The molecule has 1 aromatic heterocycles. The van der Waals surface area contributed by atoms with E-state index in [1.807, 2.05) is 6.07 Å². The number of H-pyrrole nitrogens is 1. The molecular formula is C18H20FN3O2. The minimum atomic E-state index is -0.224. The second-order valence-corrected chi connectivity index (χ2v) is 5.95. The van der Waals surface area contributed by atoms with E-state index < -0.39 is 0 Å². The van der Waals surface area contributed by atoms with E-state index in [-0.39, 0.29) is 17.3 Å². The third kappa shape index (κ3) is 3.89. The van der Waals surface area contributed by atoms with Crippen LogP contribution in [0.1, 0.15) is 22.3 Å². The maximum atomic E-state index is 13.8. The predicted molar refractivity (Wildman–Crippen MR) is 89.3 cm³/mol. The summed E-state index contributed by atoms with van der Waals surface area (Å²) in [6.45, 7) is 3.32. The van der Waals surface area contributed by atoms with Gasteiger partial charge in [0.25, 0.3) is 5.91 Å². The maximum absolute atomic E-state index is 13.8. The van der Waals surface area contributed by atoms with Crippen LogP contribution in [0, 0.1) is 5.82 Å². The Hall–Kier alpha value is -2.47. The molecule has 1 aromatic carbocycles. The lowest BCUT2D eigenvalue weighted by molar-refractivity contribution is 0.0760. The zero-order valence-electron chi connectivity index (χ0n) is 13.4. The van der Waals surface area contributed by atoms with Crippen molar-refractivity contribution in [2.75, 3.05) is 26.2 Å². The summed E-state index contributed by atoms with van der Waals surface area (Å²) in [6.07, 6.45) is 2.29. The number of amides is 1. The van der Waals surface area contributed by atoms with Gasteiger partial charge in [-0.15, -0.1) is 0 Å². The molecule has 1 aliphatic heterocycles. The molecule has 0 aliphatic carbocycles. The van der Waals surface area contributed by atoms with Crippen molar-refractivity contribution in [3.63, 3.8) is 0 Å². The second kappa shape index (κ2) is 7.40. The molecule has 0 unspecified atom stereocenters. The van der Waals surface area contributed by atoms with Gasteiger partial charge in [0.1, 0.15) is 5.82 Å². The quantitative estimate of drug-likeness (QED) is 0.935. The number of carbonyl (C=O) groups excluding carboxylic acids is 1. The van der Waals surface area contributed by atoms with Gasteiger partial charge in [-0.1, -0.05) is 18.2 Å². The van der Waals surface area contributed by atoms with Crippen molar-refractivity contribution in [3.8, 4) is 0 Å². The van der Waals surface area contributed by atoms with Crippen LogP contribution in [0.4, 0.5) is 4.39 Å². The average Bonchev–Trinajstić information content (AvgIpc) is 2.83. The van der Waals surface area contributed by atoms with E-state index in [1.54, 1.807) is 23.1 Å². The summed E-state index contributed by atoms with van der Waals surface area (Å²) in [5.41, 5.74) is 0.938. The van der Waals surface area contributed by atoms with E-state index in [2.05, 4.69) is 9.88 Å². The maximum Gasteiger partial charge on any atom is 0.255 e. The molecule has 3 rings (SSSR count). The lowest BCUT2D eigenvalue weighted by Gasteiger charge is -2.22. The Bertz CT molecular complexity index is 754. The van der Waals surface area contributed by atoms with Crippen LogP contribution in [0.5, 0.6) is 0 Å². The van der Waals surface area contributed by atoms with Gasteiger partial charge in [-0.2, -0.15) is 0 Å². The molecule has 126 valence electrons. The van der Waals surface area contributed by atoms with Gasteiger partial charge in [-0.25, -0.2) is 4.39 Å². The SMILES string of the molecule is O=C(c1ccc(=O)[nH]c1)N1CCCN(Cc2ccccc2F)CC1. The number of benzene rings is 1. The third-order valence-corrected chi connectivity index (χ3v) is 4.26. The minimum absolute atomic E-state index is 0.0843. The van der Waals surface area contributed by atoms with Gasteiger partial charge < -0.3 is 9.88 Å². The molecule has 24 heavy (non-hydrogen) atoms. The Morgan fingerprint density at radius 1 is 1.08 bits per heavy atom. The number of hydrogen-bond acceptors (Lipinski definition) is 3. The smallest absolute Gasteiger partial charge is 0.255 e. The van der Waals surface area contributed by atoms with Crippen LogP contribution in [0.3, 0.4) is 0 Å². The van der Waals surface area contributed by atoms with E-state index in [0.29, 0.717) is 37.3 Å². The highest BCUT2D eigenvalue weighted by molar-refractivity contribution is 5.93.